The van der Waals surface area contributed by atoms with Crippen LogP contribution in [0.1, 0.15) is 0 Å². The highest BCUT2D eigenvalue weighted by atomic mass is 16.3. The van der Waals surface area contributed by atoms with Crippen LogP contribution in [0.4, 0.5) is 0 Å². The highest BCUT2D eigenvalue weighted by molar-refractivity contribution is 6.14. The Balaban J connectivity index is 1.24. The van der Waals surface area contributed by atoms with Gasteiger partial charge in [-0.05, 0) is 41.5 Å². The molecule has 0 atom stereocenters. The van der Waals surface area contributed by atoms with E-state index in [4.69, 9.17) is 23.8 Å². The minimum atomic E-state index is 0.567. The lowest BCUT2D eigenvalue weighted by Gasteiger charge is -2.08. The van der Waals surface area contributed by atoms with E-state index in [9.17, 15) is 0 Å². The van der Waals surface area contributed by atoms with E-state index in [1.54, 1.807) is 0 Å². The van der Waals surface area contributed by atoms with Crippen LogP contribution in [0.2, 0.25) is 0 Å². The minimum Gasteiger partial charge on any atom is -0.456 e. The van der Waals surface area contributed by atoms with Crippen molar-refractivity contribution in [3.8, 4) is 45.3 Å². The first-order valence-electron chi connectivity index (χ1n) is 14.5. The van der Waals surface area contributed by atoms with Gasteiger partial charge in [0, 0.05) is 32.7 Å². The summed E-state index contributed by atoms with van der Waals surface area (Å²) in [7, 11) is 0. The summed E-state index contributed by atoms with van der Waals surface area (Å²) >= 11 is 0. The summed E-state index contributed by atoms with van der Waals surface area (Å²) in [5.41, 5.74) is 8.14. The lowest BCUT2D eigenvalue weighted by Crippen LogP contribution is -2.00. The Labute approximate surface area is 252 Å². The van der Waals surface area contributed by atoms with Crippen LogP contribution in [-0.2, 0) is 0 Å². The van der Waals surface area contributed by atoms with Crippen molar-refractivity contribution in [2.45, 2.75) is 0 Å². The number of hydrogen-bond donors (Lipinski definition) is 0. The average Bonchev–Trinajstić information content (AvgIpc) is 3.67. The number of benzene rings is 6. The zero-order chi connectivity index (χ0) is 29.0. The second-order valence-electron chi connectivity index (χ2n) is 10.8. The second kappa shape index (κ2) is 9.75. The van der Waals surface area contributed by atoms with Crippen molar-refractivity contribution in [1.29, 1.82) is 0 Å². The van der Waals surface area contributed by atoms with Crippen molar-refractivity contribution in [1.82, 2.24) is 15.0 Å². The Kier molecular flexibility index (Phi) is 5.43. The van der Waals surface area contributed by atoms with Crippen molar-refractivity contribution >= 4 is 43.9 Å². The summed E-state index contributed by atoms with van der Waals surface area (Å²) in [5, 5.41) is 4.25. The molecule has 5 nitrogen and oxygen atoms in total. The van der Waals surface area contributed by atoms with Gasteiger partial charge in [0.15, 0.2) is 17.5 Å². The first-order chi connectivity index (χ1) is 21.8. The molecule has 0 spiro atoms. The molecule has 0 unspecified atom stereocenters. The molecule has 3 aromatic heterocycles. The molecule has 0 aliphatic carbocycles. The van der Waals surface area contributed by atoms with E-state index in [1.165, 1.54) is 0 Å². The van der Waals surface area contributed by atoms with Crippen LogP contribution in [-0.4, -0.2) is 15.0 Å². The molecule has 0 saturated carbocycles. The predicted molar refractivity (Wildman–Crippen MR) is 176 cm³/mol. The molecule has 5 heteroatoms. The normalized spacial score (nSPS) is 11.6. The molecule has 0 saturated heterocycles. The third-order valence-corrected chi connectivity index (χ3v) is 8.15. The van der Waals surface area contributed by atoms with Gasteiger partial charge in [0.1, 0.15) is 22.3 Å². The molecule has 0 radical (unpaired) electrons. The van der Waals surface area contributed by atoms with Crippen molar-refractivity contribution < 1.29 is 8.83 Å². The van der Waals surface area contributed by atoms with Gasteiger partial charge in [-0.1, -0.05) is 109 Å². The Morgan fingerprint density at radius 3 is 1.75 bits per heavy atom. The number of fused-ring (bicyclic) bond motifs is 6. The van der Waals surface area contributed by atoms with Gasteiger partial charge in [-0.2, -0.15) is 0 Å². The maximum absolute atomic E-state index is 6.65. The highest BCUT2D eigenvalue weighted by Gasteiger charge is 2.19. The Morgan fingerprint density at radius 1 is 0.364 bits per heavy atom. The average molecular weight is 566 g/mol. The SMILES string of the molecule is c1ccc(-c2nc(-c3ccccc3)nc(-c3cccc4c3oc3cc(-c5cccc6oc7ccccc7c56)ccc34)n2)cc1. The van der Waals surface area contributed by atoms with E-state index >= 15 is 0 Å². The first kappa shape index (κ1) is 24.5. The molecule has 0 aliphatic rings. The lowest BCUT2D eigenvalue weighted by atomic mass is 9.98. The number of furan rings is 2. The van der Waals surface area contributed by atoms with E-state index in [2.05, 4.69) is 36.4 Å². The summed E-state index contributed by atoms with van der Waals surface area (Å²) in [6.07, 6.45) is 0. The second-order valence-corrected chi connectivity index (χ2v) is 10.8. The maximum atomic E-state index is 6.65. The number of hydrogen-bond acceptors (Lipinski definition) is 5. The van der Waals surface area contributed by atoms with Gasteiger partial charge in [0.2, 0.25) is 0 Å². The predicted octanol–water partition coefficient (Wildman–Crippen LogP) is 10.3. The van der Waals surface area contributed by atoms with Crippen LogP contribution in [0.5, 0.6) is 0 Å². The summed E-state index contributed by atoms with van der Waals surface area (Å²) in [5.74, 6) is 1.80. The fraction of sp³-hybridized carbons (Fsp3) is 0. The Morgan fingerprint density at radius 2 is 0.977 bits per heavy atom. The standard InChI is InChI=1S/C39H23N3O2/c1-3-11-24(12-4-1)37-40-38(25-13-5-2-6-14-25)42-39(41-37)31-18-9-17-29-28-22-21-26(23-34(28)44-36(29)31)27-16-10-20-33-35(27)30-15-7-8-19-32(30)43-33/h1-23H. The van der Waals surface area contributed by atoms with Gasteiger partial charge in [-0.15, -0.1) is 0 Å². The minimum absolute atomic E-state index is 0.567. The van der Waals surface area contributed by atoms with Crippen LogP contribution >= 0.6 is 0 Å². The van der Waals surface area contributed by atoms with Gasteiger partial charge < -0.3 is 8.83 Å². The Hall–Kier alpha value is -6.07. The molecular formula is C39H23N3O2. The number of para-hydroxylation sites is 2. The van der Waals surface area contributed by atoms with Gasteiger partial charge in [-0.25, -0.2) is 15.0 Å². The highest BCUT2D eigenvalue weighted by Crippen LogP contribution is 2.40. The summed E-state index contributed by atoms with van der Waals surface area (Å²) in [6.45, 7) is 0. The fourth-order valence-corrected chi connectivity index (χ4v) is 6.09. The third-order valence-electron chi connectivity index (χ3n) is 8.15. The molecular weight excluding hydrogens is 542 g/mol. The summed E-state index contributed by atoms with van der Waals surface area (Å²) in [4.78, 5) is 14.7. The van der Waals surface area contributed by atoms with Gasteiger partial charge in [-0.3, -0.25) is 0 Å². The van der Waals surface area contributed by atoms with Crippen molar-refractivity contribution in [2.75, 3.05) is 0 Å². The zero-order valence-corrected chi connectivity index (χ0v) is 23.4. The Bertz CT molecular complexity index is 2440. The third kappa shape index (κ3) is 3.91. The summed E-state index contributed by atoms with van der Waals surface area (Å²) in [6, 6.07) is 46.9. The maximum Gasteiger partial charge on any atom is 0.167 e. The molecule has 9 rings (SSSR count). The van der Waals surface area contributed by atoms with E-state index in [0.717, 1.165) is 71.7 Å². The molecule has 0 aliphatic heterocycles. The van der Waals surface area contributed by atoms with Crippen molar-refractivity contribution in [2.24, 2.45) is 0 Å². The van der Waals surface area contributed by atoms with Gasteiger partial charge >= 0.3 is 0 Å². The number of nitrogens with zero attached hydrogens (tertiary/aromatic N) is 3. The largest absolute Gasteiger partial charge is 0.456 e. The van der Waals surface area contributed by atoms with Crippen molar-refractivity contribution in [3.63, 3.8) is 0 Å². The summed E-state index contributed by atoms with van der Waals surface area (Å²) < 4.78 is 12.8. The van der Waals surface area contributed by atoms with Crippen LogP contribution in [0.25, 0.3) is 89.2 Å². The molecule has 44 heavy (non-hydrogen) atoms. The molecule has 0 N–H and O–H groups in total. The van der Waals surface area contributed by atoms with Gasteiger partial charge in [0.05, 0.1) is 5.56 Å². The quantitative estimate of drug-likeness (QED) is 0.212. The van der Waals surface area contributed by atoms with E-state index in [1.807, 2.05) is 103 Å². The number of rotatable bonds is 4. The zero-order valence-electron chi connectivity index (χ0n) is 23.4. The molecule has 3 heterocycles. The van der Waals surface area contributed by atoms with Crippen LogP contribution in [0.3, 0.4) is 0 Å². The lowest BCUT2D eigenvalue weighted by molar-refractivity contribution is 0.668. The van der Waals surface area contributed by atoms with Crippen LogP contribution in [0, 0.1) is 0 Å². The van der Waals surface area contributed by atoms with E-state index in [-0.39, 0.29) is 0 Å². The van der Waals surface area contributed by atoms with Crippen LogP contribution < -0.4 is 0 Å². The molecule has 0 fully saturated rings. The topological polar surface area (TPSA) is 65.0 Å². The first-order valence-corrected chi connectivity index (χ1v) is 14.5. The molecule has 0 amide bonds. The smallest absolute Gasteiger partial charge is 0.167 e. The monoisotopic (exact) mass is 565 g/mol. The number of aromatic nitrogens is 3. The molecule has 9 aromatic rings. The van der Waals surface area contributed by atoms with Crippen LogP contribution in [0.15, 0.2) is 148 Å². The molecule has 206 valence electrons. The van der Waals surface area contributed by atoms with E-state index in [0.29, 0.717) is 17.5 Å². The van der Waals surface area contributed by atoms with Gasteiger partial charge in [0.25, 0.3) is 0 Å². The van der Waals surface area contributed by atoms with E-state index < -0.39 is 0 Å². The van der Waals surface area contributed by atoms with Crippen molar-refractivity contribution in [3.05, 3.63) is 140 Å². The molecule has 6 aromatic carbocycles. The molecule has 0 bridgehead atoms. The fourth-order valence-electron chi connectivity index (χ4n) is 6.09.